The Hall–Kier alpha value is -0.370. The number of alkyl halides is 4. The number of hydrogen-bond acceptors (Lipinski definition) is 2. The highest BCUT2D eigenvalue weighted by molar-refractivity contribution is 7.86. The monoisotopic (exact) mass is 602 g/mol. The van der Waals surface area contributed by atoms with Gasteiger partial charge in [-0.2, -0.15) is 8.42 Å². The van der Waals surface area contributed by atoms with Crippen molar-refractivity contribution in [3.8, 4) is 0 Å². The highest BCUT2D eigenvalue weighted by Gasteiger charge is 2.41. The minimum atomic E-state index is -4.82. The van der Waals surface area contributed by atoms with E-state index in [2.05, 4.69) is 6.92 Å². The van der Waals surface area contributed by atoms with Crippen molar-refractivity contribution in [2.75, 3.05) is 6.67 Å². The van der Waals surface area contributed by atoms with Crippen LogP contribution in [-0.4, -0.2) is 43.4 Å². The molecule has 0 amide bonds. The van der Waals surface area contributed by atoms with Crippen LogP contribution < -0.4 is 0 Å². The fourth-order valence-corrected chi connectivity index (χ4v) is 6.37. The summed E-state index contributed by atoms with van der Waals surface area (Å²) in [6.45, 7) is 1.89. The molecule has 0 rings (SSSR count). The molecular formula is C32H62F4O3S. The molecule has 0 spiro atoms. The van der Waals surface area contributed by atoms with Gasteiger partial charge in [0.15, 0.2) is 12.3 Å². The topological polar surface area (TPSA) is 54.4 Å². The van der Waals surface area contributed by atoms with Gasteiger partial charge in [0.1, 0.15) is 11.4 Å². The van der Waals surface area contributed by atoms with E-state index >= 15 is 0 Å². The van der Waals surface area contributed by atoms with Crippen LogP contribution in [0.25, 0.3) is 0 Å². The molecule has 0 aromatic carbocycles. The number of hydrogen-bond donors (Lipinski definition) is 1. The van der Waals surface area contributed by atoms with E-state index in [1.807, 2.05) is 0 Å². The Morgan fingerprint density at radius 3 is 1.18 bits per heavy atom. The fourth-order valence-electron chi connectivity index (χ4n) is 5.42. The first-order chi connectivity index (χ1) is 19.3. The third-order valence-corrected chi connectivity index (χ3v) is 9.35. The first kappa shape index (κ1) is 39.6. The minimum Gasteiger partial charge on any atom is -0.285 e. The molecule has 0 heterocycles. The highest BCUT2D eigenvalue weighted by atomic mass is 32.2. The molecule has 4 unspecified atom stereocenters. The average Bonchev–Trinajstić information content (AvgIpc) is 2.92. The minimum absolute atomic E-state index is 0.192. The molecule has 242 valence electrons. The number of halogens is 4. The van der Waals surface area contributed by atoms with Crippen molar-refractivity contribution in [2.24, 2.45) is 0 Å². The van der Waals surface area contributed by atoms with Gasteiger partial charge in [0.2, 0.25) is 0 Å². The van der Waals surface area contributed by atoms with Crippen molar-refractivity contribution >= 4 is 10.1 Å². The molecule has 0 radical (unpaired) electrons. The molecule has 1 N–H and O–H groups in total. The summed E-state index contributed by atoms with van der Waals surface area (Å²) in [7, 11) is -4.82. The first-order valence-electron chi connectivity index (χ1n) is 16.7. The predicted octanol–water partition coefficient (Wildman–Crippen LogP) is 11.4. The summed E-state index contributed by atoms with van der Waals surface area (Å²) >= 11 is 0. The average molecular weight is 603 g/mol. The van der Waals surface area contributed by atoms with Crippen molar-refractivity contribution in [1.29, 1.82) is 0 Å². The largest absolute Gasteiger partial charge is 0.285 e. The summed E-state index contributed by atoms with van der Waals surface area (Å²) in [5.74, 6) is 0. The van der Waals surface area contributed by atoms with E-state index in [1.165, 1.54) is 83.5 Å². The van der Waals surface area contributed by atoms with Gasteiger partial charge in [-0.05, 0) is 19.3 Å². The molecule has 40 heavy (non-hydrogen) atoms. The summed E-state index contributed by atoms with van der Waals surface area (Å²) in [6, 6.07) is 0. The molecule has 8 heteroatoms. The van der Waals surface area contributed by atoms with Crippen LogP contribution in [0.5, 0.6) is 0 Å². The van der Waals surface area contributed by atoms with Crippen LogP contribution in [0.3, 0.4) is 0 Å². The van der Waals surface area contributed by atoms with E-state index in [4.69, 9.17) is 0 Å². The number of rotatable bonds is 31. The zero-order chi connectivity index (χ0) is 29.9. The number of unbranched alkanes of at least 4 members (excludes halogenated alkanes) is 22. The molecule has 0 aromatic heterocycles. The molecule has 0 saturated carbocycles. The van der Waals surface area contributed by atoms with Gasteiger partial charge in [0.25, 0.3) is 10.1 Å². The first-order valence-corrected chi connectivity index (χ1v) is 18.2. The molecule has 0 aliphatic rings. The van der Waals surface area contributed by atoms with Crippen molar-refractivity contribution in [1.82, 2.24) is 0 Å². The Labute approximate surface area is 244 Å². The Bertz CT molecular complexity index is 636. The Morgan fingerprint density at radius 2 is 0.825 bits per heavy atom. The second-order valence-corrected chi connectivity index (χ2v) is 13.5. The zero-order valence-electron chi connectivity index (χ0n) is 25.6. The molecule has 0 bridgehead atoms. The van der Waals surface area contributed by atoms with Crippen LogP contribution in [0.15, 0.2) is 0 Å². The van der Waals surface area contributed by atoms with Crippen molar-refractivity contribution in [2.45, 2.75) is 198 Å². The third-order valence-electron chi connectivity index (χ3n) is 8.09. The van der Waals surface area contributed by atoms with Gasteiger partial charge >= 0.3 is 0 Å². The van der Waals surface area contributed by atoms with Crippen LogP contribution in [0.1, 0.15) is 174 Å². The quantitative estimate of drug-likeness (QED) is 0.0488. The van der Waals surface area contributed by atoms with Crippen LogP contribution in [0, 0.1) is 0 Å². The van der Waals surface area contributed by atoms with Crippen molar-refractivity contribution < 1.29 is 30.5 Å². The second-order valence-electron chi connectivity index (χ2n) is 11.9. The normalized spacial score (nSPS) is 15.2. The van der Waals surface area contributed by atoms with Crippen molar-refractivity contribution in [3.63, 3.8) is 0 Å². The van der Waals surface area contributed by atoms with E-state index < -0.39 is 33.9 Å². The van der Waals surface area contributed by atoms with Gasteiger partial charge in [-0.15, -0.1) is 0 Å². The molecule has 0 fully saturated rings. The van der Waals surface area contributed by atoms with E-state index in [0.29, 0.717) is 32.1 Å². The second kappa shape index (κ2) is 27.5. The van der Waals surface area contributed by atoms with Gasteiger partial charge in [-0.3, -0.25) is 8.94 Å². The summed E-state index contributed by atoms with van der Waals surface area (Å²) in [5.41, 5.74) is 0. The zero-order valence-corrected chi connectivity index (χ0v) is 26.4. The molecule has 3 nitrogen and oxygen atoms in total. The van der Waals surface area contributed by atoms with E-state index in [-0.39, 0.29) is 19.5 Å². The molecule has 4 atom stereocenters. The maximum absolute atomic E-state index is 14.7. The van der Waals surface area contributed by atoms with Gasteiger partial charge < -0.3 is 0 Å². The van der Waals surface area contributed by atoms with E-state index in [0.717, 1.165) is 38.5 Å². The Balaban J connectivity index is 3.89. The molecule has 0 saturated heterocycles. The summed E-state index contributed by atoms with van der Waals surface area (Å²) in [6.07, 6.45) is 17.4. The lowest BCUT2D eigenvalue weighted by Gasteiger charge is -2.23. The van der Waals surface area contributed by atoms with E-state index in [1.54, 1.807) is 0 Å². The van der Waals surface area contributed by atoms with Crippen molar-refractivity contribution in [3.05, 3.63) is 0 Å². The summed E-state index contributed by atoms with van der Waals surface area (Å²) in [4.78, 5) is 0. The van der Waals surface area contributed by atoms with Crippen LogP contribution >= 0.6 is 0 Å². The van der Waals surface area contributed by atoms with E-state index in [9.17, 15) is 30.5 Å². The standard InChI is InChI=1S/C32H62F4O3S/c1-2-3-4-5-6-7-8-9-10-11-12-13-14-15-16-17-21-24-27-30(40(37,38)39)32(36)31(35)29(34)26-23-20-18-19-22-25-28-33/h29-32H,2-28H2,1H3,(H,37,38,39). The highest BCUT2D eigenvalue weighted by Crippen LogP contribution is 2.26. The summed E-state index contributed by atoms with van der Waals surface area (Å²) < 4.78 is 88.2. The van der Waals surface area contributed by atoms with Crippen LogP contribution in [0.4, 0.5) is 17.6 Å². The van der Waals surface area contributed by atoms with Crippen LogP contribution in [0.2, 0.25) is 0 Å². The lowest BCUT2D eigenvalue weighted by molar-refractivity contribution is 0.0702. The van der Waals surface area contributed by atoms with Crippen LogP contribution in [-0.2, 0) is 10.1 Å². The fraction of sp³-hybridized carbons (Fsp3) is 1.00. The lowest BCUT2D eigenvalue weighted by atomic mass is 9.99. The predicted molar refractivity (Wildman–Crippen MR) is 162 cm³/mol. The SMILES string of the molecule is CCCCCCCCCCCCCCCCCCCCC(C(F)C(F)C(F)CCCCCCCCF)S(=O)(=O)O. The maximum Gasteiger partial charge on any atom is 0.270 e. The Morgan fingerprint density at radius 1 is 0.500 bits per heavy atom. The third kappa shape index (κ3) is 23.2. The maximum atomic E-state index is 14.7. The molecule has 0 aliphatic heterocycles. The molecular weight excluding hydrogens is 540 g/mol. The molecule has 0 aromatic rings. The van der Waals surface area contributed by atoms with Gasteiger partial charge in [0, 0.05) is 0 Å². The van der Waals surface area contributed by atoms with Gasteiger partial charge in [-0.25, -0.2) is 13.2 Å². The lowest BCUT2D eigenvalue weighted by Crippen LogP contribution is -2.41. The van der Waals surface area contributed by atoms with Gasteiger partial charge in [-0.1, -0.05) is 155 Å². The Kier molecular flexibility index (Phi) is 27.2. The van der Waals surface area contributed by atoms with Gasteiger partial charge in [0.05, 0.1) is 6.67 Å². The summed E-state index contributed by atoms with van der Waals surface area (Å²) in [5, 5.41) is -1.93. The molecule has 0 aliphatic carbocycles. The smallest absolute Gasteiger partial charge is 0.270 e.